The van der Waals surface area contributed by atoms with Crippen LogP contribution in [0.3, 0.4) is 0 Å². The third-order valence-corrected chi connectivity index (χ3v) is 6.70. The summed E-state index contributed by atoms with van der Waals surface area (Å²) in [4.78, 5) is 14.6. The third kappa shape index (κ3) is 3.77. The summed E-state index contributed by atoms with van der Waals surface area (Å²) < 4.78 is 26.9. The van der Waals surface area contributed by atoms with Crippen LogP contribution >= 0.6 is 11.6 Å². The van der Waals surface area contributed by atoms with E-state index in [1.54, 1.807) is 17.0 Å². The molecule has 1 saturated heterocycles. The van der Waals surface area contributed by atoms with Crippen LogP contribution < -0.4 is 0 Å². The molecule has 3 rings (SSSR count). The maximum atomic E-state index is 12.7. The lowest BCUT2D eigenvalue weighted by atomic mass is 10.0. The molecule has 0 bridgehead atoms. The van der Waals surface area contributed by atoms with Crippen molar-refractivity contribution in [2.24, 2.45) is 0 Å². The molecule has 0 saturated carbocycles. The first-order chi connectivity index (χ1) is 12.3. The van der Waals surface area contributed by atoms with Crippen molar-refractivity contribution in [1.82, 2.24) is 9.21 Å². The van der Waals surface area contributed by atoms with Crippen molar-refractivity contribution >= 4 is 27.5 Å². The number of benzene rings is 2. The lowest BCUT2D eigenvalue weighted by Crippen LogP contribution is -2.50. The van der Waals surface area contributed by atoms with Gasteiger partial charge in [0.2, 0.25) is 10.0 Å². The molecule has 5 nitrogen and oxygen atoms in total. The van der Waals surface area contributed by atoms with Gasteiger partial charge in [-0.05, 0) is 43.7 Å². The van der Waals surface area contributed by atoms with E-state index >= 15 is 0 Å². The van der Waals surface area contributed by atoms with Crippen molar-refractivity contribution in [1.29, 1.82) is 0 Å². The van der Waals surface area contributed by atoms with Crippen LogP contribution in [-0.2, 0) is 10.0 Å². The zero-order valence-electron chi connectivity index (χ0n) is 14.8. The summed E-state index contributed by atoms with van der Waals surface area (Å²) in [5.74, 6) is -0.0534. The Bertz CT molecular complexity index is 936. The SMILES string of the molecule is Cc1ccc(C(=O)N2CCN(S(=O)(=O)c3cccc(Cl)c3)CC2)c(C)c1. The van der Waals surface area contributed by atoms with E-state index in [2.05, 4.69) is 0 Å². The van der Waals surface area contributed by atoms with Crippen LogP contribution in [0.15, 0.2) is 47.4 Å². The molecule has 138 valence electrons. The molecule has 0 aliphatic carbocycles. The van der Waals surface area contributed by atoms with Gasteiger partial charge in [0.1, 0.15) is 0 Å². The number of sulfonamides is 1. The van der Waals surface area contributed by atoms with Crippen LogP contribution in [0.25, 0.3) is 0 Å². The maximum Gasteiger partial charge on any atom is 0.254 e. The van der Waals surface area contributed by atoms with E-state index in [1.165, 1.54) is 16.4 Å². The number of halogens is 1. The van der Waals surface area contributed by atoms with Gasteiger partial charge in [0.25, 0.3) is 5.91 Å². The summed E-state index contributed by atoms with van der Waals surface area (Å²) in [5.41, 5.74) is 2.71. The van der Waals surface area contributed by atoms with E-state index in [9.17, 15) is 13.2 Å². The molecule has 7 heteroatoms. The lowest BCUT2D eigenvalue weighted by molar-refractivity contribution is 0.0697. The molecule has 1 heterocycles. The zero-order chi connectivity index (χ0) is 18.9. The Morgan fingerprint density at radius 1 is 1.00 bits per heavy atom. The molecule has 0 atom stereocenters. The quantitative estimate of drug-likeness (QED) is 0.806. The van der Waals surface area contributed by atoms with Crippen LogP contribution in [0.1, 0.15) is 21.5 Å². The maximum absolute atomic E-state index is 12.7. The van der Waals surface area contributed by atoms with Gasteiger partial charge in [-0.1, -0.05) is 35.4 Å². The minimum atomic E-state index is -3.60. The Labute approximate surface area is 159 Å². The molecule has 0 unspecified atom stereocenters. The Morgan fingerprint density at radius 3 is 2.31 bits per heavy atom. The monoisotopic (exact) mass is 392 g/mol. The summed E-state index contributed by atoms with van der Waals surface area (Å²) in [7, 11) is -3.60. The molecule has 1 amide bonds. The van der Waals surface area contributed by atoms with Crippen molar-refractivity contribution in [2.45, 2.75) is 18.7 Å². The topological polar surface area (TPSA) is 57.7 Å². The minimum Gasteiger partial charge on any atom is -0.336 e. The summed E-state index contributed by atoms with van der Waals surface area (Å²) in [6.07, 6.45) is 0. The van der Waals surface area contributed by atoms with Gasteiger partial charge in [0, 0.05) is 36.8 Å². The van der Waals surface area contributed by atoms with Gasteiger partial charge >= 0.3 is 0 Å². The lowest BCUT2D eigenvalue weighted by Gasteiger charge is -2.34. The average molecular weight is 393 g/mol. The molecular formula is C19H21ClN2O3S. The molecule has 1 aliphatic rings. The summed E-state index contributed by atoms with van der Waals surface area (Å²) in [6.45, 7) is 5.18. The largest absolute Gasteiger partial charge is 0.336 e. The van der Waals surface area contributed by atoms with E-state index in [4.69, 9.17) is 11.6 Å². The first kappa shape index (κ1) is 18.9. The van der Waals surface area contributed by atoms with Crippen molar-refractivity contribution in [2.75, 3.05) is 26.2 Å². The van der Waals surface area contributed by atoms with Gasteiger partial charge in [-0.2, -0.15) is 4.31 Å². The van der Waals surface area contributed by atoms with Crippen molar-refractivity contribution in [3.63, 3.8) is 0 Å². The highest BCUT2D eigenvalue weighted by Gasteiger charge is 2.30. The number of carbonyl (C=O) groups is 1. The second-order valence-electron chi connectivity index (χ2n) is 6.47. The molecule has 2 aromatic carbocycles. The standard InChI is InChI=1S/C19H21ClN2O3S/c1-14-6-7-18(15(2)12-14)19(23)21-8-10-22(11-9-21)26(24,25)17-5-3-4-16(20)13-17/h3-7,12-13H,8-11H2,1-2H3. The highest BCUT2D eigenvalue weighted by molar-refractivity contribution is 7.89. The Hall–Kier alpha value is -1.89. The smallest absolute Gasteiger partial charge is 0.254 e. The number of aryl methyl sites for hydroxylation is 2. The number of piperazine rings is 1. The first-order valence-electron chi connectivity index (χ1n) is 8.41. The van der Waals surface area contributed by atoms with E-state index < -0.39 is 10.0 Å². The van der Waals surface area contributed by atoms with E-state index in [-0.39, 0.29) is 23.9 Å². The second-order valence-corrected chi connectivity index (χ2v) is 8.85. The molecule has 1 aliphatic heterocycles. The van der Waals surface area contributed by atoms with Gasteiger partial charge in [0.15, 0.2) is 0 Å². The summed E-state index contributed by atoms with van der Waals surface area (Å²) >= 11 is 5.91. The van der Waals surface area contributed by atoms with Crippen LogP contribution in [0.2, 0.25) is 5.02 Å². The molecular weight excluding hydrogens is 372 g/mol. The van der Waals surface area contributed by atoms with Gasteiger partial charge in [0.05, 0.1) is 4.90 Å². The number of hydrogen-bond donors (Lipinski definition) is 0. The third-order valence-electron chi connectivity index (χ3n) is 4.57. The summed E-state index contributed by atoms with van der Waals surface area (Å²) in [6, 6.07) is 12.0. The van der Waals surface area contributed by atoms with Crippen molar-refractivity contribution < 1.29 is 13.2 Å². The Morgan fingerprint density at radius 2 is 1.69 bits per heavy atom. The predicted octanol–water partition coefficient (Wildman–Crippen LogP) is 3.10. The Kier molecular flexibility index (Phi) is 5.37. The summed E-state index contributed by atoms with van der Waals surface area (Å²) in [5, 5.41) is 0.384. The number of amides is 1. The molecule has 1 fully saturated rings. The van der Waals surface area contributed by atoms with Gasteiger partial charge in [-0.15, -0.1) is 0 Å². The van der Waals surface area contributed by atoms with Crippen LogP contribution in [0, 0.1) is 13.8 Å². The van der Waals surface area contributed by atoms with E-state index in [1.807, 2.05) is 32.0 Å². The number of rotatable bonds is 3. The van der Waals surface area contributed by atoms with Crippen LogP contribution in [0.4, 0.5) is 0 Å². The van der Waals surface area contributed by atoms with Crippen LogP contribution in [-0.4, -0.2) is 49.7 Å². The number of nitrogens with zero attached hydrogens (tertiary/aromatic N) is 2. The van der Waals surface area contributed by atoms with Crippen LogP contribution in [0.5, 0.6) is 0 Å². The predicted molar refractivity (Wildman–Crippen MR) is 102 cm³/mol. The fourth-order valence-corrected chi connectivity index (χ4v) is 4.86. The number of hydrogen-bond acceptors (Lipinski definition) is 3. The molecule has 0 radical (unpaired) electrons. The van der Waals surface area contributed by atoms with Crippen molar-refractivity contribution in [3.05, 3.63) is 64.2 Å². The minimum absolute atomic E-state index is 0.0534. The molecule has 0 aromatic heterocycles. The first-order valence-corrected chi connectivity index (χ1v) is 10.2. The molecule has 26 heavy (non-hydrogen) atoms. The molecule has 0 N–H and O–H groups in total. The van der Waals surface area contributed by atoms with E-state index in [0.29, 0.717) is 23.7 Å². The number of carbonyl (C=O) groups excluding carboxylic acids is 1. The Balaban J connectivity index is 1.72. The normalized spacial score (nSPS) is 15.9. The highest BCUT2D eigenvalue weighted by atomic mass is 35.5. The van der Waals surface area contributed by atoms with Gasteiger partial charge in [-0.3, -0.25) is 4.79 Å². The van der Waals surface area contributed by atoms with Crippen molar-refractivity contribution in [3.8, 4) is 0 Å². The average Bonchev–Trinajstić information content (AvgIpc) is 2.61. The fraction of sp³-hybridized carbons (Fsp3) is 0.316. The van der Waals surface area contributed by atoms with Gasteiger partial charge < -0.3 is 4.90 Å². The van der Waals surface area contributed by atoms with Gasteiger partial charge in [-0.25, -0.2) is 8.42 Å². The second kappa shape index (κ2) is 7.39. The molecule has 0 spiro atoms. The molecule has 2 aromatic rings. The zero-order valence-corrected chi connectivity index (χ0v) is 16.3. The fourth-order valence-electron chi connectivity index (χ4n) is 3.13. The highest BCUT2D eigenvalue weighted by Crippen LogP contribution is 2.22. The van der Waals surface area contributed by atoms with E-state index in [0.717, 1.165) is 11.1 Å².